The van der Waals surface area contributed by atoms with Crippen LogP contribution in [0.1, 0.15) is 24.1 Å². The van der Waals surface area contributed by atoms with Crippen molar-refractivity contribution in [1.82, 2.24) is 19.9 Å². The molecule has 1 saturated carbocycles. The first-order valence-corrected chi connectivity index (χ1v) is 6.33. The Labute approximate surface area is 106 Å². The number of hydrogen-bond donors (Lipinski definition) is 2. The van der Waals surface area contributed by atoms with Gasteiger partial charge in [-0.3, -0.25) is 0 Å². The lowest BCUT2D eigenvalue weighted by Crippen LogP contribution is -2.26. The summed E-state index contributed by atoms with van der Waals surface area (Å²) in [6.45, 7) is 3.89. The van der Waals surface area contributed by atoms with Crippen LogP contribution in [0.5, 0.6) is 0 Å². The molecule has 3 rings (SSSR count). The number of fused-ring (bicyclic) bond motifs is 1. The third kappa shape index (κ3) is 2.23. The minimum atomic E-state index is 0.153. The Bertz CT molecular complexity index is 559. The van der Waals surface area contributed by atoms with E-state index in [2.05, 4.69) is 15.4 Å². The zero-order valence-corrected chi connectivity index (χ0v) is 10.6. The number of nitrogens with zero attached hydrogens (tertiary/aromatic N) is 3. The summed E-state index contributed by atoms with van der Waals surface area (Å²) in [5.41, 5.74) is 3.12. The van der Waals surface area contributed by atoms with Crippen molar-refractivity contribution in [2.75, 3.05) is 13.2 Å². The van der Waals surface area contributed by atoms with Gasteiger partial charge in [-0.25, -0.2) is 9.50 Å². The molecule has 1 fully saturated rings. The molecule has 2 aromatic rings. The molecule has 2 heterocycles. The second-order valence-electron chi connectivity index (χ2n) is 5.31. The monoisotopic (exact) mass is 246 g/mol. The number of aryl methyl sites for hydroxylation is 1. The van der Waals surface area contributed by atoms with Gasteiger partial charge in [-0.05, 0) is 19.8 Å². The molecule has 0 amide bonds. The van der Waals surface area contributed by atoms with Crippen molar-refractivity contribution in [3.05, 3.63) is 29.7 Å². The summed E-state index contributed by atoms with van der Waals surface area (Å²) in [7, 11) is 0. The fourth-order valence-electron chi connectivity index (χ4n) is 2.16. The SMILES string of the molecule is Cc1cc2ncc(CNCC3(CO)CC3)cn2n1. The molecule has 1 aliphatic rings. The van der Waals surface area contributed by atoms with E-state index in [4.69, 9.17) is 0 Å². The smallest absolute Gasteiger partial charge is 0.155 e. The van der Waals surface area contributed by atoms with Gasteiger partial charge in [0.2, 0.25) is 0 Å². The number of aromatic nitrogens is 3. The van der Waals surface area contributed by atoms with Gasteiger partial charge in [-0.15, -0.1) is 0 Å². The Morgan fingerprint density at radius 2 is 2.33 bits per heavy atom. The number of nitrogens with one attached hydrogen (secondary N) is 1. The fourth-order valence-corrected chi connectivity index (χ4v) is 2.16. The second-order valence-corrected chi connectivity index (χ2v) is 5.31. The van der Waals surface area contributed by atoms with E-state index in [1.165, 1.54) is 0 Å². The summed E-state index contributed by atoms with van der Waals surface area (Å²) in [5.74, 6) is 0. The lowest BCUT2D eigenvalue weighted by atomic mass is 10.1. The molecule has 5 heteroatoms. The van der Waals surface area contributed by atoms with Gasteiger partial charge < -0.3 is 10.4 Å². The van der Waals surface area contributed by atoms with E-state index in [0.717, 1.165) is 42.8 Å². The van der Waals surface area contributed by atoms with Crippen LogP contribution in [0.2, 0.25) is 0 Å². The maximum Gasteiger partial charge on any atom is 0.155 e. The first kappa shape index (κ1) is 11.6. The van der Waals surface area contributed by atoms with Gasteiger partial charge in [0.05, 0.1) is 5.69 Å². The molecule has 0 unspecified atom stereocenters. The van der Waals surface area contributed by atoms with Crippen molar-refractivity contribution in [1.29, 1.82) is 0 Å². The summed E-state index contributed by atoms with van der Waals surface area (Å²) in [4.78, 5) is 4.36. The third-order valence-electron chi connectivity index (χ3n) is 3.61. The predicted molar refractivity (Wildman–Crippen MR) is 68.2 cm³/mol. The highest BCUT2D eigenvalue weighted by molar-refractivity contribution is 5.38. The average Bonchev–Trinajstić information content (AvgIpc) is 3.04. The fraction of sp³-hybridized carbons (Fsp3) is 0.538. The van der Waals surface area contributed by atoms with Crippen molar-refractivity contribution >= 4 is 5.65 Å². The number of aliphatic hydroxyl groups is 1. The Hall–Kier alpha value is -1.46. The van der Waals surface area contributed by atoms with Crippen LogP contribution in [-0.2, 0) is 6.54 Å². The summed E-state index contributed by atoms with van der Waals surface area (Å²) >= 11 is 0. The van der Waals surface area contributed by atoms with E-state index in [9.17, 15) is 5.11 Å². The van der Waals surface area contributed by atoms with Crippen LogP contribution in [0.4, 0.5) is 0 Å². The predicted octanol–water partition coefficient (Wildman–Crippen LogP) is 0.900. The second kappa shape index (κ2) is 4.33. The molecular formula is C13H18N4O. The van der Waals surface area contributed by atoms with Gasteiger partial charge >= 0.3 is 0 Å². The van der Waals surface area contributed by atoms with E-state index in [1.807, 2.05) is 29.9 Å². The zero-order chi connectivity index (χ0) is 12.6. The van der Waals surface area contributed by atoms with Gasteiger partial charge in [0.1, 0.15) is 0 Å². The Balaban J connectivity index is 1.63. The van der Waals surface area contributed by atoms with Crippen LogP contribution in [-0.4, -0.2) is 32.9 Å². The molecule has 1 aliphatic carbocycles. The van der Waals surface area contributed by atoms with Crippen molar-refractivity contribution in [3.63, 3.8) is 0 Å². The quantitative estimate of drug-likeness (QED) is 0.823. The van der Waals surface area contributed by atoms with Crippen LogP contribution in [0.25, 0.3) is 5.65 Å². The maximum atomic E-state index is 9.23. The Kier molecular flexibility index (Phi) is 2.80. The van der Waals surface area contributed by atoms with Gasteiger partial charge in [-0.1, -0.05) is 0 Å². The van der Waals surface area contributed by atoms with Crippen LogP contribution < -0.4 is 5.32 Å². The summed E-state index contributed by atoms with van der Waals surface area (Å²) in [5, 5.41) is 17.0. The molecule has 0 atom stereocenters. The van der Waals surface area contributed by atoms with Crippen molar-refractivity contribution in [2.45, 2.75) is 26.3 Å². The molecular weight excluding hydrogens is 228 g/mol. The van der Waals surface area contributed by atoms with E-state index in [0.29, 0.717) is 0 Å². The van der Waals surface area contributed by atoms with Crippen LogP contribution >= 0.6 is 0 Å². The zero-order valence-electron chi connectivity index (χ0n) is 10.6. The van der Waals surface area contributed by atoms with Gasteiger partial charge in [-0.2, -0.15) is 5.10 Å². The molecule has 0 saturated heterocycles. The minimum Gasteiger partial charge on any atom is -0.396 e. The van der Waals surface area contributed by atoms with Crippen LogP contribution in [0, 0.1) is 12.3 Å². The molecule has 5 nitrogen and oxygen atoms in total. The lowest BCUT2D eigenvalue weighted by molar-refractivity contribution is 0.207. The Morgan fingerprint density at radius 1 is 1.50 bits per heavy atom. The molecule has 2 aromatic heterocycles. The summed E-state index contributed by atoms with van der Waals surface area (Å²) < 4.78 is 1.81. The maximum absolute atomic E-state index is 9.23. The molecule has 2 N–H and O–H groups in total. The highest BCUT2D eigenvalue weighted by Gasteiger charge is 2.41. The van der Waals surface area contributed by atoms with Crippen molar-refractivity contribution in [2.24, 2.45) is 5.41 Å². The molecule has 0 spiro atoms. The first-order chi connectivity index (χ1) is 8.71. The lowest BCUT2D eigenvalue weighted by Gasteiger charge is -2.12. The number of rotatable bonds is 5. The topological polar surface area (TPSA) is 62.5 Å². The molecule has 0 aromatic carbocycles. The molecule has 0 radical (unpaired) electrons. The van der Waals surface area contributed by atoms with E-state index in [1.54, 1.807) is 0 Å². The van der Waals surface area contributed by atoms with Gasteiger partial charge in [0.25, 0.3) is 0 Å². The summed E-state index contributed by atoms with van der Waals surface area (Å²) in [6.07, 6.45) is 6.14. The van der Waals surface area contributed by atoms with E-state index in [-0.39, 0.29) is 12.0 Å². The third-order valence-corrected chi connectivity index (χ3v) is 3.61. The number of aliphatic hydroxyl groups excluding tert-OH is 1. The largest absolute Gasteiger partial charge is 0.396 e. The summed E-state index contributed by atoms with van der Waals surface area (Å²) in [6, 6.07) is 1.96. The molecule has 18 heavy (non-hydrogen) atoms. The molecule has 96 valence electrons. The Morgan fingerprint density at radius 3 is 3.06 bits per heavy atom. The van der Waals surface area contributed by atoms with E-state index >= 15 is 0 Å². The van der Waals surface area contributed by atoms with E-state index < -0.39 is 0 Å². The van der Waals surface area contributed by atoms with Crippen molar-refractivity contribution < 1.29 is 5.11 Å². The molecule has 0 aliphatic heterocycles. The first-order valence-electron chi connectivity index (χ1n) is 6.33. The van der Waals surface area contributed by atoms with Crippen LogP contribution in [0.3, 0.4) is 0 Å². The van der Waals surface area contributed by atoms with Crippen LogP contribution in [0.15, 0.2) is 18.5 Å². The highest BCUT2D eigenvalue weighted by Crippen LogP contribution is 2.44. The minimum absolute atomic E-state index is 0.153. The molecule has 0 bridgehead atoms. The normalized spacial score (nSPS) is 17.2. The number of hydrogen-bond acceptors (Lipinski definition) is 4. The average molecular weight is 246 g/mol. The van der Waals surface area contributed by atoms with Gasteiger partial charge in [0.15, 0.2) is 5.65 Å². The highest BCUT2D eigenvalue weighted by atomic mass is 16.3. The van der Waals surface area contributed by atoms with Crippen molar-refractivity contribution in [3.8, 4) is 0 Å². The van der Waals surface area contributed by atoms with Gasteiger partial charge in [0, 0.05) is 49.1 Å². The standard InChI is InChI=1S/C13H18N4O/c1-10-4-12-15-6-11(7-17(12)16-10)5-14-8-13(9-18)2-3-13/h4,6-7,14,18H,2-3,5,8-9H2,1H3.